The van der Waals surface area contributed by atoms with Gasteiger partial charge in [-0.2, -0.15) is 0 Å². The molecule has 2 amide bonds. The van der Waals surface area contributed by atoms with Gasteiger partial charge in [-0.25, -0.2) is 9.18 Å². The van der Waals surface area contributed by atoms with Crippen LogP contribution in [0.3, 0.4) is 0 Å². The highest BCUT2D eigenvalue weighted by Gasteiger charge is 2.22. The van der Waals surface area contributed by atoms with Crippen LogP contribution in [0.15, 0.2) is 42.5 Å². The van der Waals surface area contributed by atoms with Crippen LogP contribution in [-0.4, -0.2) is 37.1 Å². The fraction of sp³-hybridized carbons (Fsp3) is 0.316. The van der Waals surface area contributed by atoms with Crippen LogP contribution in [0.4, 0.5) is 20.6 Å². The Labute approximate surface area is 141 Å². The number of nitrogens with zero attached hydrogens (tertiary/aromatic N) is 2. The molecule has 126 valence electrons. The van der Waals surface area contributed by atoms with Crippen molar-refractivity contribution >= 4 is 17.4 Å². The molecule has 0 spiro atoms. The summed E-state index contributed by atoms with van der Waals surface area (Å²) in [5.74, 6) is -0.417. The van der Waals surface area contributed by atoms with Crippen LogP contribution in [0.25, 0.3) is 0 Å². The summed E-state index contributed by atoms with van der Waals surface area (Å²) in [7, 11) is 0. The van der Waals surface area contributed by atoms with E-state index in [9.17, 15) is 9.18 Å². The van der Waals surface area contributed by atoms with Crippen LogP contribution >= 0.6 is 0 Å². The zero-order chi connectivity index (χ0) is 17.1. The molecule has 0 bridgehead atoms. The lowest BCUT2D eigenvalue weighted by Gasteiger charge is -2.36. The summed E-state index contributed by atoms with van der Waals surface area (Å²) in [6, 6.07) is 12.4. The molecule has 0 saturated carbocycles. The number of halogens is 1. The molecule has 0 unspecified atom stereocenters. The van der Waals surface area contributed by atoms with Crippen LogP contribution < -0.4 is 10.2 Å². The number of aryl methyl sites for hydroxylation is 2. The maximum absolute atomic E-state index is 13.6. The number of rotatable bonds is 2. The molecule has 0 aliphatic carbocycles. The van der Waals surface area contributed by atoms with E-state index in [4.69, 9.17) is 0 Å². The Morgan fingerprint density at radius 3 is 2.38 bits per heavy atom. The zero-order valence-corrected chi connectivity index (χ0v) is 14.1. The molecule has 1 fully saturated rings. The van der Waals surface area contributed by atoms with Crippen molar-refractivity contribution in [2.45, 2.75) is 13.8 Å². The van der Waals surface area contributed by atoms with E-state index in [1.54, 1.807) is 23.1 Å². The van der Waals surface area contributed by atoms with Gasteiger partial charge in [0.05, 0.1) is 5.69 Å². The molecule has 24 heavy (non-hydrogen) atoms. The van der Waals surface area contributed by atoms with E-state index in [1.807, 2.05) is 0 Å². The number of hydrogen-bond acceptors (Lipinski definition) is 2. The first-order valence-electron chi connectivity index (χ1n) is 8.17. The Morgan fingerprint density at radius 2 is 1.71 bits per heavy atom. The highest BCUT2D eigenvalue weighted by Crippen LogP contribution is 2.21. The average molecular weight is 327 g/mol. The second-order valence-corrected chi connectivity index (χ2v) is 6.15. The Kier molecular flexibility index (Phi) is 4.69. The number of hydrogen-bond donors (Lipinski definition) is 1. The summed E-state index contributed by atoms with van der Waals surface area (Å²) in [5, 5.41) is 2.64. The van der Waals surface area contributed by atoms with Gasteiger partial charge in [-0.15, -0.1) is 0 Å². The van der Waals surface area contributed by atoms with Gasteiger partial charge in [0.15, 0.2) is 0 Å². The van der Waals surface area contributed by atoms with Crippen molar-refractivity contribution in [1.29, 1.82) is 0 Å². The zero-order valence-electron chi connectivity index (χ0n) is 14.1. The van der Waals surface area contributed by atoms with Gasteiger partial charge in [-0.3, -0.25) is 0 Å². The van der Waals surface area contributed by atoms with Gasteiger partial charge in [0, 0.05) is 31.9 Å². The van der Waals surface area contributed by atoms with E-state index in [1.165, 1.54) is 22.9 Å². The molecule has 1 heterocycles. The Hall–Kier alpha value is -2.56. The monoisotopic (exact) mass is 327 g/mol. The molecule has 0 radical (unpaired) electrons. The number of carbonyl (C=O) groups is 1. The minimum absolute atomic E-state index is 0.221. The van der Waals surface area contributed by atoms with Crippen molar-refractivity contribution in [2.75, 3.05) is 36.4 Å². The van der Waals surface area contributed by atoms with E-state index in [0.717, 1.165) is 13.1 Å². The molecule has 4 nitrogen and oxygen atoms in total. The number of anilines is 2. The quantitative estimate of drug-likeness (QED) is 0.911. The van der Waals surface area contributed by atoms with Gasteiger partial charge in [0.25, 0.3) is 0 Å². The standard InChI is InChI=1S/C19H22FN3O/c1-14-7-8-16(13-15(14)2)22-9-11-23(12-10-22)19(24)21-18-6-4-3-5-17(18)20/h3-8,13H,9-12H2,1-2H3,(H,21,24). The Bertz CT molecular complexity index is 739. The summed E-state index contributed by atoms with van der Waals surface area (Å²) in [6.07, 6.45) is 0. The summed E-state index contributed by atoms with van der Waals surface area (Å²) in [4.78, 5) is 16.3. The predicted octanol–water partition coefficient (Wildman–Crippen LogP) is 3.80. The predicted molar refractivity (Wildman–Crippen MR) is 95.1 cm³/mol. The third-order valence-electron chi connectivity index (χ3n) is 4.54. The fourth-order valence-corrected chi connectivity index (χ4v) is 2.85. The number of amides is 2. The molecule has 3 rings (SSSR count). The highest BCUT2D eigenvalue weighted by atomic mass is 19.1. The van der Waals surface area contributed by atoms with Crippen molar-refractivity contribution < 1.29 is 9.18 Å². The van der Waals surface area contributed by atoms with Crippen molar-refractivity contribution in [3.8, 4) is 0 Å². The molecule has 1 aliphatic rings. The van der Waals surface area contributed by atoms with Crippen LogP contribution in [0, 0.1) is 19.7 Å². The van der Waals surface area contributed by atoms with Gasteiger partial charge < -0.3 is 15.1 Å². The smallest absolute Gasteiger partial charge is 0.322 e. The summed E-state index contributed by atoms with van der Waals surface area (Å²) >= 11 is 0. The van der Waals surface area contributed by atoms with Gasteiger partial charge in [-0.1, -0.05) is 18.2 Å². The molecule has 1 N–H and O–H groups in total. The number of carbonyl (C=O) groups excluding carboxylic acids is 1. The first-order chi connectivity index (χ1) is 11.5. The van der Waals surface area contributed by atoms with Crippen LogP contribution in [0.2, 0.25) is 0 Å². The van der Waals surface area contributed by atoms with Crippen molar-refractivity contribution in [3.63, 3.8) is 0 Å². The number of benzene rings is 2. The topological polar surface area (TPSA) is 35.6 Å². The molecule has 1 saturated heterocycles. The summed E-state index contributed by atoms with van der Waals surface area (Å²) < 4.78 is 13.6. The summed E-state index contributed by atoms with van der Waals surface area (Å²) in [6.45, 7) is 6.99. The minimum Gasteiger partial charge on any atom is -0.368 e. The van der Waals surface area contributed by atoms with Gasteiger partial charge in [0.2, 0.25) is 0 Å². The van der Waals surface area contributed by atoms with Gasteiger partial charge >= 0.3 is 6.03 Å². The van der Waals surface area contributed by atoms with E-state index >= 15 is 0 Å². The maximum atomic E-state index is 13.6. The van der Waals surface area contributed by atoms with E-state index < -0.39 is 5.82 Å². The van der Waals surface area contributed by atoms with Gasteiger partial charge in [-0.05, 0) is 49.2 Å². The van der Waals surface area contributed by atoms with E-state index in [-0.39, 0.29) is 11.7 Å². The molecule has 2 aromatic carbocycles. The molecule has 0 aromatic heterocycles. The SMILES string of the molecule is Cc1ccc(N2CCN(C(=O)Nc3ccccc3F)CC2)cc1C. The Morgan fingerprint density at radius 1 is 1.00 bits per heavy atom. The third-order valence-corrected chi connectivity index (χ3v) is 4.54. The van der Waals surface area contributed by atoms with E-state index in [0.29, 0.717) is 13.1 Å². The minimum atomic E-state index is -0.417. The molecular formula is C19H22FN3O. The third kappa shape index (κ3) is 3.50. The number of urea groups is 1. The lowest BCUT2D eigenvalue weighted by Crippen LogP contribution is -2.50. The second kappa shape index (κ2) is 6.91. The van der Waals surface area contributed by atoms with Gasteiger partial charge in [0.1, 0.15) is 5.82 Å². The molecule has 0 atom stereocenters. The normalized spacial score (nSPS) is 14.6. The molecule has 1 aliphatic heterocycles. The lowest BCUT2D eigenvalue weighted by atomic mass is 10.1. The van der Waals surface area contributed by atoms with Crippen molar-refractivity contribution in [2.24, 2.45) is 0 Å². The molecule has 2 aromatic rings. The van der Waals surface area contributed by atoms with Crippen molar-refractivity contribution in [1.82, 2.24) is 4.90 Å². The molecule has 5 heteroatoms. The fourth-order valence-electron chi connectivity index (χ4n) is 2.85. The first kappa shape index (κ1) is 16.3. The maximum Gasteiger partial charge on any atom is 0.322 e. The van der Waals surface area contributed by atoms with Crippen LogP contribution in [-0.2, 0) is 0 Å². The first-order valence-corrected chi connectivity index (χ1v) is 8.17. The van der Waals surface area contributed by atoms with Crippen LogP contribution in [0.1, 0.15) is 11.1 Å². The number of nitrogens with one attached hydrogen (secondary N) is 1. The second-order valence-electron chi connectivity index (χ2n) is 6.15. The largest absolute Gasteiger partial charge is 0.368 e. The molecular weight excluding hydrogens is 305 g/mol. The highest BCUT2D eigenvalue weighted by molar-refractivity contribution is 5.89. The number of para-hydroxylation sites is 1. The van der Waals surface area contributed by atoms with E-state index in [2.05, 4.69) is 42.3 Å². The van der Waals surface area contributed by atoms with Crippen LogP contribution in [0.5, 0.6) is 0 Å². The average Bonchev–Trinajstić information content (AvgIpc) is 2.59. The summed E-state index contributed by atoms with van der Waals surface area (Å²) in [5.41, 5.74) is 3.96. The Balaban J connectivity index is 1.59. The van der Waals surface area contributed by atoms with Crippen molar-refractivity contribution in [3.05, 3.63) is 59.4 Å². The lowest BCUT2D eigenvalue weighted by molar-refractivity contribution is 0.208. The number of piperazine rings is 1.